The minimum absolute atomic E-state index is 0. The van der Waals surface area contributed by atoms with E-state index in [-0.39, 0.29) is 51.8 Å². The molecule has 27 heavy (non-hydrogen) atoms. The molecule has 9 nitrogen and oxygen atoms in total. The molecule has 2 heterocycles. The van der Waals surface area contributed by atoms with Gasteiger partial charge in [-0.3, -0.25) is 0 Å². The van der Waals surface area contributed by atoms with E-state index in [9.17, 15) is 0 Å². The van der Waals surface area contributed by atoms with Crippen LogP contribution >= 0.6 is 71.2 Å². The molecule has 6 N–H and O–H groups in total. The lowest BCUT2D eigenvalue weighted by molar-refractivity contribution is 0.787. The lowest BCUT2D eigenvalue weighted by Gasteiger charge is -2.05. The Morgan fingerprint density at radius 2 is 0.741 bits per heavy atom. The number of nitrogens with zero attached hydrogens (tertiary/aromatic N) is 6. The number of nitrogen functional groups attached to an aromatic ring is 2. The van der Waals surface area contributed by atoms with Crippen LogP contribution < -0.4 is 11.7 Å². The Hall–Kier alpha value is -0.420. The van der Waals surface area contributed by atoms with Crippen molar-refractivity contribution in [1.29, 1.82) is 0 Å². The highest BCUT2D eigenvalue weighted by Gasteiger charge is 2.17. The number of rotatable bonds is 4. The van der Waals surface area contributed by atoms with Crippen molar-refractivity contribution in [3.8, 4) is 0 Å². The number of aromatic nitrogens is 6. The van der Waals surface area contributed by atoms with Gasteiger partial charge in [-0.2, -0.15) is 0 Å². The van der Waals surface area contributed by atoms with E-state index in [0.29, 0.717) is 23.3 Å². The van der Waals surface area contributed by atoms with Crippen molar-refractivity contribution in [3.63, 3.8) is 0 Å². The molecule has 0 unspecified atom stereocenters. The molecule has 2 aromatic heterocycles. The Bertz CT molecular complexity index is 553. The predicted molar refractivity (Wildman–Crippen MR) is 116 cm³/mol. The fraction of sp³-hybridized carbons (Fsp3) is 0.667. The topological polar surface area (TPSA) is 145 Å². The van der Waals surface area contributed by atoms with Crippen LogP contribution in [0.1, 0.15) is 72.5 Å². The minimum atomic E-state index is -0.258. The molecule has 0 aliphatic rings. The maximum atomic E-state index is 5.78. The molecule has 0 fully saturated rings. The predicted octanol–water partition coefficient (Wildman–Crippen LogP) is 3.20. The van der Waals surface area contributed by atoms with Crippen LogP contribution in [-0.4, -0.2) is 35.2 Å². The van der Waals surface area contributed by atoms with Gasteiger partial charge in [0.15, 0.2) is 23.3 Å². The van der Waals surface area contributed by atoms with Gasteiger partial charge in [0.1, 0.15) is 0 Å². The summed E-state index contributed by atoms with van der Waals surface area (Å²) in [5.74, 6) is 13.4. The molecular weight excluding hydrogens is 485 g/mol. The number of nitrogens with two attached hydrogens (primary N) is 2. The van der Waals surface area contributed by atoms with Crippen molar-refractivity contribution < 1.29 is 5.48 Å². The van der Waals surface area contributed by atoms with E-state index >= 15 is 0 Å². The van der Waals surface area contributed by atoms with Crippen LogP contribution in [0.25, 0.3) is 0 Å². The van der Waals surface area contributed by atoms with E-state index in [0.717, 1.165) is 0 Å². The molecule has 0 aliphatic heterocycles. The van der Waals surface area contributed by atoms with Gasteiger partial charge in [-0.25, -0.2) is 9.35 Å². The largest absolute Gasteiger partial charge is 0.412 e. The standard InChI is InChI=1S/2C6H10Cl2N4.2ClH.H2O/c2*1-3(7)5-10-11-6(4(2)8)12(5)9;;;/h2*3-4H,9H2,1-2H3;2*1H;1H2/t2*3-,4-;;;/m00.../s1. The van der Waals surface area contributed by atoms with Gasteiger partial charge >= 0.3 is 0 Å². The zero-order valence-electron chi connectivity index (χ0n) is 15.0. The van der Waals surface area contributed by atoms with Crippen molar-refractivity contribution in [1.82, 2.24) is 29.7 Å². The average molecular weight is 509 g/mol. The van der Waals surface area contributed by atoms with Crippen molar-refractivity contribution >= 4 is 71.2 Å². The second-order valence-corrected chi connectivity index (χ2v) is 7.66. The van der Waals surface area contributed by atoms with Gasteiger partial charge in [0.2, 0.25) is 0 Å². The van der Waals surface area contributed by atoms with Gasteiger partial charge in [0.05, 0.1) is 21.5 Å². The minimum Gasteiger partial charge on any atom is -0.412 e. The molecule has 0 spiro atoms. The second kappa shape index (κ2) is 13.7. The molecule has 0 saturated carbocycles. The summed E-state index contributed by atoms with van der Waals surface area (Å²) < 4.78 is 2.66. The Morgan fingerprint density at radius 1 is 0.593 bits per heavy atom. The number of hydrogen-bond donors (Lipinski definition) is 2. The van der Waals surface area contributed by atoms with E-state index in [4.69, 9.17) is 58.1 Å². The third-order valence-electron chi connectivity index (χ3n) is 2.92. The van der Waals surface area contributed by atoms with Crippen LogP contribution in [0, 0.1) is 0 Å². The summed E-state index contributed by atoms with van der Waals surface area (Å²) in [5.41, 5.74) is 0. The average Bonchev–Trinajstić information content (AvgIpc) is 3.02. The van der Waals surface area contributed by atoms with Crippen LogP contribution in [0.15, 0.2) is 0 Å². The molecule has 2 aromatic rings. The van der Waals surface area contributed by atoms with E-state index in [1.54, 1.807) is 27.7 Å². The molecular formula is C12H24Cl6N8O. The van der Waals surface area contributed by atoms with Crippen molar-refractivity contribution in [2.24, 2.45) is 0 Å². The van der Waals surface area contributed by atoms with Gasteiger partial charge in [0, 0.05) is 0 Å². The van der Waals surface area contributed by atoms with E-state index in [2.05, 4.69) is 20.4 Å². The summed E-state index contributed by atoms with van der Waals surface area (Å²) in [5, 5.41) is 14.2. The molecule has 2 rings (SSSR count). The smallest absolute Gasteiger partial charge is 0.169 e. The van der Waals surface area contributed by atoms with Gasteiger partial charge in [-0.1, -0.05) is 0 Å². The second-order valence-electron chi connectivity index (χ2n) is 5.04. The van der Waals surface area contributed by atoms with Gasteiger partial charge in [-0.05, 0) is 27.7 Å². The monoisotopic (exact) mass is 506 g/mol. The summed E-state index contributed by atoms with van der Waals surface area (Å²) in [6, 6.07) is 0. The Balaban J connectivity index is -0.000000384. The van der Waals surface area contributed by atoms with Crippen LogP contribution in [0.4, 0.5) is 0 Å². The summed E-state index contributed by atoms with van der Waals surface area (Å²) in [4.78, 5) is 0. The SMILES string of the molecule is C[C@H](Cl)c1nnc([C@H](C)Cl)n1N.C[C@H](Cl)c1nnc([C@H](C)Cl)n1N.Cl.Cl.O. The highest BCUT2D eigenvalue weighted by Crippen LogP contribution is 2.22. The molecule has 160 valence electrons. The highest BCUT2D eigenvalue weighted by molar-refractivity contribution is 6.21. The summed E-state index contributed by atoms with van der Waals surface area (Å²) in [7, 11) is 0. The van der Waals surface area contributed by atoms with E-state index < -0.39 is 0 Å². The quantitative estimate of drug-likeness (QED) is 0.479. The number of halogens is 6. The van der Waals surface area contributed by atoms with Gasteiger partial charge in [0.25, 0.3) is 0 Å². The maximum absolute atomic E-state index is 5.78. The molecule has 4 atom stereocenters. The molecule has 0 amide bonds. The third-order valence-corrected chi connectivity index (χ3v) is 3.70. The molecule has 0 aromatic carbocycles. The van der Waals surface area contributed by atoms with Gasteiger partial charge < -0.3 is 17.2 Å². The summed E-state index contributed by atoms with van der Waals surface area (Å²) in [6.07, 6.45) is 0. The van der Waals surface area contributed by atoms with Crippen LogP contribution in [0.3, 0.4) is 0 Å². The molecule has 0 aliphatic carbocycles. The summed E-state index contributed by atoms with van der Waals surface area (Å²) >= 11 is 23.1. The van der Waals surface area contributed by atoms with E-state index in [1.165, 1.54) is 9.35 Å². The Morgan fingerprint density at radius 3 is 0.815 bits per heavy atom. The van der Waals surface area contributed by atoms with Gasteiger partial charge in [-0.15, -0.1) is 91.6 Å². The first-order chi connectivity index (χ1) is 11.1. The van der Waals surface area contributed by atoms with Crippen molar-refractivity contribution in [2.75, 3.05) is 11.7 Å². The van der Waals surface area contributed by atoms with Crippen LogP contribution in [0.2, 0.25) is 0 Å². The van der Waals surface area contributed by atoms with Crippen molar-refractivity contribution in [3.05, 3.63) is 23.3 Å². The molecule has 15 heteroatoms. The first-order valence-electron chi connectivity index (χ1n) is 7.04. The molecule has 0 bridgehead atoms. The van der Waals surface area contributed by atoms with Crippen LogP contribution in [0.5, 0.6) is 0 Å². The van der Waals surface area contributed by atoms with E-state index in [1.807, 2.05) is 0 Å². The lowest BCUT2D eigenvalue weighted by Crippen LogP contribution is -2.16. The first-order valence-corrected chi connectivity index (χ1v) is 8.79. The molecule has 0 radical (unpaired) electrons. The first kappa shape index (κ1) is 31.3. The maximum Gasteiger partial charge on any atom is 0.169 e. The zero-order valence-corrected chi connectivity index (χ0v) is 19.6. The zero-order chi connectivity index (χ0) is 18.6. The third kappa shape index (κ3) is 8.23. The Labute approximate surface area is 190 Å². The fourth-order valence-corrected chi connectivity index (χ4v) is 2.31. The van der Waals surface area contributed by atoms with Crippen LogP contribution in [-0.2, 0) is 0 Å². The highest BCUT2D eigenvalue weighted by atomic mass is 35.5. The number of alkyl halides is 4. The number of hydrogen-bond acceptors (Lipinski definition) is 6. The Kier molecular flexibility index (Phi) is 15.9. The van der Waals surface area contributed by atoms with Crippen molar-refractivity contribution in [2.45, 2.75) is 49.2 Å². The fourth-order valence-electron chi connectivity index (χ4n) is 1.72. The molecule has 0 saturated heterocycles. The summed E-state index contributed by atoms with van der Waals surface area (Å²) in [6.45, 7) is 7.10. The lowest BCUT2D eigenvalue weighted by atomic mass is 10.4. The normalized spacial score (nSPS) is 14.2.